The van der Waals surface area contributed by atoms with Crippen LogP contribution in [-0.2, 0) is 15.0 Å². The number of alkyl carbamates (subject to hydrolysis) is 1. The predicted molar refractivity (Wildman–Crippen MR) is 108 cm³/mol. The fourth-order valence-electron chi connectivity index (χ4n) is 4.56. The van der Waals surface area contributed by atoms with E-state index in [1.807, 2.05) is 51.1 Å². The molecule has 7 nitrogen and oxygen atoms in total. The van der Waals surface area contributed by atoms with Crippen LogP contribution in [0, 0.1) is 5.92 Å². The number of nitrogens with one attached hydrogen (secondary N) is 1. The Kier molecular flexibility index (Phi) is 5.19. The highest BCUT2D eigenvalue weighted by molar-refractivity contribution is 5.73. The molecule has 1 N–H and O–H groups in total. The van der Waals surface area contributed by atoms with Gasteiger partial charge in [0, 0.05) is 6.54 Å². The molecule has 1 aromatic rings. The summed E-state index contributed by atoms with van der Waals surface area (Å²) in [6.45, 7) is 9.29. The minimum absolute atomic E-state index is 0.0487. The molecule has 0 aliphatic carbocycles. The highest BCUT2D eigenvalue weighted by Gasteiger charge is 2.49. The van der Waals surface area contributed by atoms with Crippen LogP contribution in [0.15, 0.2) is 30.3 Å². The van der Waals surface area contributed by atoms with Gasteiger partial charge in [-0.25, -0.2) is 9.59 Å². The molecule has 4 heterocycles. The highest BCUT2D eigenvalue weighted by Crippen LogP contribution is 2.34. The van der Waals surface area contributed by atoms with Gasteiger partial charge in [-0.1, -0.05) is 30.3 Å². The zero-order chi connectivity index (χ0) is 20.6. The van der Waals surface area contributed by atoms with Gasteiger partial charge in [-0.15, -0.1) is 0 Å². The Morgan fingerprint density at radius 2 is 1.76 bits per heavy atom. The molecular formula is C22H31N3O4. The second-order valence-electron chi connectivity index (χ2n) is 9.49. The molecule has 0 aromatic heterocycles. The number of nitrogens with zero attached hydrogens (tertiary/aromatic N) is 2. The maximum absolute atomic E-state index is 12.8. The lowest BCUT2D eigenvalue weighted by molar-refractivity contribution is -0.0452. The molecule has 158 valence electrons. The average molecular weight is 402 g/mol. The smallest absolute Gasteiger partial charge is 0.410 e. The lowest BCUT2D eigenvalue weighted by atomic mass is 9.82. The van der Waals surface area contributed by atoms with Gasteiger partial charge in [0.05, 0.1) is 13.1 Å². The molecule has 4 aliphatic heterocycles. The van der Waals surface area contributed by atoms with Gasteiger partial charge < -0.3 is 19.7 Å². The van der Waals surface area contributed by atoms with Crippen molar-refractivity contribution in [3.8, 4) is 0 Å². The maximum atomic E-state index is 12.8. The lowest BCUT2D eigenvalue weighted by Crippen LogP contribution is -2.69. The topological polar surface area (TPSA) is 71.1 Å². The first-order chi connectivity index (χ1) is 13.7. The molecule has 2 bridgehead atoms. The van der Waals surface area contributed by atoms with E-state index >= 15 is 0 Å². The van der Waals surface area contributed by atoms with E-state index in [2.05, 4.69) is 10.2 Å². The fourth-order valence-corrected chi connectivity index (χ4v) is 4.56. The van der Waals surface area contributed by atoms with E-state index in [1.165, 1.54) is 0 Å². The largest absolute Gasteiger partial charge is 0.445 e. The Morgan fingerprint density at radius 3 is 2.31 bits per heavy atom. The van der Waals surface area contributed by atoms with Crippen molar-refractivity contribution in [3.63, 3.8) is 0 Å². The van der Waals surface area contributed by atoms with E-state index in [-0.39, 0.29) is 12.2 Å². The van der Waals surface area contributed by atoms with Crippen LogP contribution in [0.1, 0.15) is 39.2 Å². The number of fused-ring (bicyclic) bond motifs is 3. The van der Waals surface area contributed by atoms with E-state index in [1.54, 1.807) is 4.90 Å². The molecule has 5 rings (SSSR count). The van der Waals surface area contributed by atoms with Crippen LogP contribution in [0.25, 0.3) is 0 Å². The number of likely N-dealkylation sites (tertiary alicyclic amines) is 1. The van der Waals surface area contributed by atoms with Crippen molar-refractivity contribution in [3.05, 3.63) is 35.9 Å². The normalized spacial score (nSPS) is 27.7. The minimum Gasteiger partial charge on any atom is -0.445 e. The second kappa shape index (κ2) is 7.52. The summed E-state index contributed by atoms with van der Waals surface area (Å²) in [6.07, 6.45) is 1.36. The zero-order valence-electron chi connectivity index (χ0n) is 17.5. The Bertz CT molecular complexity index is 747. The van der Waals surface area contributed by atoms with Crippen molar-refractivity contribution in [1.82, 2.24) is 15.1 Å². The molecule has 4 saturated heterocycles. The highest BCUT2D eigenvalue weighted by atomic mass is 16.6. The van der Waals surface area contributed by atoms with Crippen LogP contribution in [0.5, 0.6) is 0 Å². The maximum Gasteiger partial charge on any atom is 0.410 e. The van der Waals surface area contributed by atoms with Crippen LogP contribution >= 0.6 is 0 Å². The third-order valence-electron chi connectivity index (χ3n) is 6.10. The molecule has 4 aliphatic rings. The number of hydrogen-bond acceptors (Lipinski definition) is 5. The standard InChI is InChI=1S/C22H31N3O4/c1-21(2,3)29-20(27)25-14-22(15-25,17-7-5-4-6-8-17)23-19(26)28-18-13-24-11-9-16(18)10-12-24/h4-8,16,18H,9-15H2,1-3H3,(H,23,26)/t18-/m0/s1. The van der Waals surface area contributed by atoms with Gasteiger partial charge in [0.1, 0.15) is 17.2 Å². The summed E-state index contributed by atoms with van der Waals surface area (Å²) in [5.41, 5.74) is -0.238. The summed E-state index contributed by atoms with van der Waals surface area (Å²) in [4.78, 5) is 29.2. The van der Waals surface area contributed by atoms with Crippen molar-refractivity contribution >= 4 is 12.2 Å². The molecule has 4 fully saturated rings. The third-order valence-corrected chi connectivity index (χ3v) is 6.10. The SMILES string of the molecule is CC(C)(C)OC(=O)N1CC(NC(=O)O[C@H]2CN3CCC2CC3)(c2ccccc2)C1. The monoisotopic (exact) mass is 401 g/mol. The Balaban J connectivity index is 1.42. The third kappa shape index (κ3) is 4.34. The molecule has 2 amide bonds. The number of ether oxygens (including phenoxy) is 2. The fraction of sp³-hybridized carbons (Fsp3) is 0.636. The molecule has 29 heavy (non-hydrogen) atoms. The molecule has 1 atom stereocenters. The first kappa shape index (κ1) is 20.0. The number of amides is 2. The van der Waals surface area contributed by atoms with E-state index in [0.717, 1.165) is 38.0 Å². The second-order valence-corrected chi connectivity index (χ2v) is 9.49. The summed E-state index contributed by atoms with van der Waals surface area (Å²) in [5.74, 6) is 0.457. The van der Waals surface area contributed by atoms with E-state index in [4.69, 9.17) is 9.47 Å². The molecule has 0 radical (unpaired) electrons. The van der Waals surface area contributed by atoms with Crippen molar-refractivity contribution in [2.75, 3.05) is 32.7 Å². The molecule has 0 spiro atoms. The van der Waals surface area contributed by atoms with Crippen molar-refractivity contribution in [1.29, 1.82) is 0 Å². The van der Waals surface area contributed by atoms with Gasteiger partial charge in [0.15, 0.2) is 0 Å². The first-order valence-electron chi connectivity index (χ1n) is 10.5. The van der Waals surface area contributed by atoms with Crippen molar-refractivity contribution in [2.45, 2.75) is 50.9 Å². The summed E-state index contributed by atoms with van der Waals surface area (Å²) >= 11 is 0. The van der Waals surface area contributed by atoms with Gasteiger partial charge in [-0.3, -0.25) is 4.90 Å². The minimum atomic E-state index is -0.650. The molecule has 0 saturated carbocycles. The summed E-state index contributed by atoms with van der Waals surface area (Å²) in [5, 5.41) is 3.07. The van der Waals surface area contributed by atoms with Crippen LogP contribution in [0.4, 0.5) is 9.59 Å². The Hall–Kier alpha value is -2.28. The van der Waals surface area contributed by atoms with E-state index < -0.39 is 17.2 Å². The van der Waals surface area contributed by atoms with Crippen LogP contribution in [-0.4, -0.2) is 66.4 Å². The summed E-state index contributed by atoms with van der Waals surface area (Å²) < 4.78 is 11.3. The van der Waals surface area contributed by atoms with Gasteiger partial charge in [-0.2, -0.15) is 0 Å². The van der Waals surface area contributed by atoms with Gasteiger partial charge >= 0.3 is 12.2 Å². The zero-order valence-corrected chi connectivity index (χ0v) is 17.5. The predicted octanol–water partition coefficient (Wildman–Crippen LogP) is 2.95. The number of carbonyl (C=O) groups is 2. The number of piperidine rings is 3. The number of carbonyl (C=O) groups excluding carboxylic acids is 2. The van der Waals surface area contributed by atoms with E-state index in [9.17, 15) is 9.59 Å². The van der Waals surface area contributed by atoms with Gasteiger partial charge in [-0.05, 0) is 58.2 Å². The molecule has 0 unspecified atom stereocenters. The van der Waals surface area contributed by atoms with E-state index in [0.29, 0.717) is 19.0 Å². The van der Waals surface area contributed by atoms with Crippen molar-refractivity contribution in [2.24, 2.45) is 5.92 Å². The first-order valence-corrected chi connectivity index (χ1v) is 10.5. The average Bonchev–Trinajstić information content (AvgIpc) is 2.64. The van der Waals surface area contributed by atoms with Crippen molar-refractivity contribution < 1.29 is 19.1 Å². The van der Waals surface area contributed by atoms with Crippen LogP contribution < -0.4 is 5.32 Å². The summed E-state index contributed by atoms with van der Waals surface area (Å²) in [6, 6.07) is 9.76. The molecular weight excluding hydrogens is 370 g/mol. The van der Waals surface area contributed by atoms with Crippen LogP contribution in [0.2, 0.25) is 0 Å². The Morgan fingerprint density at radius 1 is 1.10 bits per heavy atom. The summed E-state index contributed by atoms with van der Waals surface area (Å²) in [7, 11) is 0. The van der Waals surface area contributed by atoms with Gasteiger partial charge in [0.2, 0.25) is 0 Å². The molecule has 1 aromatic carbocycles. The Labute approximate surface area is 172 Å². The molecule has 7 heteroatoms. The quantitative estimate of drug-likeness (QED) is 0.843. The number of benzene rings is 1. The number of rotatable bonds is 3. The number of hydrogen-bond donors (Lipinski definition) is 1. The lowest BCUT2D eigenvalue weighted by Gasteiger charge is -2.50. The van der Waals surface area contributed by atoms with Crippen LogP contribution in [0.3, 0.4) is 0 Å². The van der Waals surface area contributed by atoms with Gasteiger partial charge in [0.25, 0.3) is 0 Å².